The van der Waals surface area contributed by atoms with Crippen LogP contribution in [0.5, 0.6) is 0 Å². The molecule has 2 nitrogen and oxygen atoms in total. The number of aromatic nitrogens is 1. The van der Waals surface area contributed by atoms with Crippen molar-refractivity contribution >= 4 is 23.4 Å². The van der Waals surface area contributed by atoms with Gasteiger partial charge in [-0.25, -0.2) is 0 Å². The lowest BCUT2D eigenvalue weighted by atomic mass is 10.2. The highest BCUT2D eigenvalue weighted by atomic mass is 35.5. The summed E-state index contributed by atoms with van der Waals surface area (Å²) in [6, 6.07) is 12.2. The summed E-state index contributed by atoms with van der Waals surface area (Å²) in [5.74, 6) is 0. The molecule has 1 aromatic heterocycles. The number of benzene rings is 1. The van der Waals surface area contributed by atoms with Gasteiger partial charge in [0.05, 0.1) is 5.69 Å². The Labute approximate surface area is 117 Å². The summed E-state index contributed by atoms with van der Waals surface area (Å²) in [6.45, 7) is 2.09. The second-order valence-electron chi connectivity index (χ2n) is 3.99. The lowest BCUT2D eigenvalue weighted by molar-refractivity contribution is 0.631. The molecule has 0 aliphatic rings. The molecule has 0 saturated heterocycles. The highest BCUT2D eigenvalue weighted by Crippen LogP contribution is 2.28. The van der Waals surface area contributed by atoms with Crippen molar-refractivity contribution in [2.24, 2.45) is 0 Å². The number of nitrogens with one attached hydrogen (secondary N) is 1. The van der Waals surface area contributed by atoms with Gasteiger partial charge in [0, 0.05) is 27.1 Å². The number of nitrogens with zero attached hydrogens (tertiary/aromatic N) is 1. The van der Waals surface area contributed by atoms with Crippen LogP contribution in [0.15, 0.2) is 52.4 Å². The van der Waals surface area contributed by atoms with Crippen LogP contribution in [0, 0.1) is 0 Å². The van der Waals surface area contributed by atoms with Crippen molar-refractivity contribution in [2.75, 3.05) is 7.05 Å². The van der Waals surface area contributed by atoms with Crippen molar-refractivity contribution in [3.05, 3.63) is 53.3 Å². The maximum atomic E-state index is 5.86. The third-order valence-electron chi connectivity index (χ3n) is 2.69. The molecule has 1 N–H and O–H groups in total. The molecule has 94 valence electrons. The molecule has 2 rings (SSSR count). The molecule has 0 amide bonds. The average Bonchev–Trinajstić information content (AvgIpc) is 2.41. The fourth-order valence-electron chi connectivity index (χ4n) is 1.49. The van der Waals surface area contributed by atoms with E-state index in [-0.39, 0.29) is 6.04 Å². The zero-order valence-corrected chi connectivity index (χ0v) is 11.9. The minimum absolute atomic E-state index is 0.277. The van der Waals surface area contributed by atoms with Crippen LogP contribution in [0.25, 0.3) is 0 Å². The Kier molecular flexibility index (Phi) is 4.64. The molecule has 18 heavy (non-hydrogen) atoms. The Morgan fingerprint density at radius 3 is 2.33 bits per heavy atom. The number of hydrogen-bond acceptors (Lipinski definition) is 3. The monoisotopic (exact) mass is 278 g/mol. The average molecular weight is 279 g/mol. The van der Waals surface area contributed by atoms with E-state index in [2.05, 4.69) is 29.4 Å². The molecule has 0 bridgehead atoms. The van der Waals surface area contributed by atoms with E-state index in [0.29, 0.717) is 0 Å². The molecule has 0 saturated carbocycles. The zero-order chi connectivity index (χ0) is 13.0. The summed E-state index contributed by atoms with van der Waals surface area (Å²) in [6.07, 6.45) is 1.91. The smallest absolute Gasteiger partial charge is 0.0571 e. The highest BCUT2D eigenvalue weighted by molar-refractivity contribution is 7.99. The third-order valence-corrected chi connectivity index (χ3v) is 3.92. The van der Waals surface area contributed by atoms with Crippen molar-refractivity contribution in [3.63, 3.8) is 0 Å². The van der Waals surface area contributed by atoms with Gasteiger partial charge in [-0.3, -0.25) is 4.98 Å². The second-order valence-corrected chi connectivity index (χ2v) is 5.57. The molecule has 0 fully saturated rings. The second kappa shape index (κ2) is 6.23. The third kappa shape index (κ3) is 3.48. The summed E-state index contributed by atoms with van der Waals surface area (Å²) in [5.41, 5.74) is 1.05. The molecule has 0 spiro atoms. The van der Waals surface area contributed by atoms with Crippen molar-refractivity contribution in [2.45, 2.75) is 22.8 Å². The number of hydrogen-bond donors (Lipinski definition) is 1. The summed E-state index contributed by atoms with van der Waals surface area (Å²) >= 11 is 7.54. The van der Waals surface area contributed by atoms with E-state index in [4.69, 9.17) is 11.6 Å². The normalized spacial score (nSPS) is 12.4. The number of pyridine rings is 1. The molecule has 0 radical (unpaired) electrons. The Morgan fingerprint density at radius 2 is 1.78 bits per heavy atom. The van der Waals surface area contributed by atoms with Crippen LogP contribution in [0.1, 0.15) is 18.7 Å². The van der Waals surface area contributed by atoms with E-state index < -0.39 is 0 Å². The van der Waals surface area contributed by atoms with Gasteiger partial charge >= 0.3 is 0 Å². The minimum Gasteiger partial charge on any atom is -0.312 e. The van der Waals surface area contributed by atoms with Crippen molar-refractivity contribution in [3.8, 4) is 0 Å². The molecule has 1 aromatic carbocycles. The van der Waals surface area contributed by atoms with Gasteiger partial charge in [0.1, 0.15) is 0 Å². The fraction of sp³-hybridized carbons (Fsp3) is 0.214. The number of halogens is 1. The van der Waals surface area contributed by atoms with Gasteiger partial charge in [-0.2, -0.15) is 0 Å². The summed E-state index contributed by atoms with van der Waals surface area (Å²) < 4.78 is 0. The van der Waals surface area contributed by atoms with E-state index in [9.17, 15) is 0 Å². The first-order valence-electron chi connectivity index (χ1n) is 5.75. The van der Waals surface area contributed by atoms with E-state index in [1.165, 1.54) is 0 Å². The zero-order valence-electron chi connectivity index (χ0n) is 10.4. The predicted octanol–water partition coefficient (Wildman–Crippen LogP) is 4.17. The Bertz CT molecular complexity index is 496. The van der Waals surface area contributed by atoms with Gasteiger partial charge in [-0.1, -0.05) is 23.4 Å². The van der Waals surface area contributed by atoms with Gasteiger partial charge in [-0.05, 0) is 50.4 Å². The highest BCUT2D eigenvalue weighted by Gasteiger charge is 2.04. The largest absolute Gasteiger partial charge is 0.312 e. The first kappa shape index (κ1) is 13.4. The molecular weight excluding hydrogens is 264 g/mol. The van der Waals surface area contributed by atoms with Crippen LogP contribution in [-0.4, -0.2) is 12.0 Å². The number of rotatable bonds is 4. The summed E-state index contributed by atoms with van der Waals surface area (Å²) in [5, 5.41) is 3.93. The molecular formula is C14H15ClN2S. The summed E-state index contributed by atoms with van der Waals surface area (Å²) in [7, 11) is 1.93. The minimum atomic E-state index is 0.277. The molecule has 1 heterocycles. The van der Waals surface area contributed by atoms with Crippen LogP contribution in [-0.2, 0) is 0 Å². The lowest BCUT2D eigenvalue weighted by Gasteiger charge is -2.09. The standard InChI is InChI=1S/C14H15ClN2S/c1-10(16-2)14-8-7-13(9-17-14)18-12-5-3-11(15)4-6-12/h3-10,16H,1-2H3. The van der Waals surface area contributed by atoms with Crippen LogP contribution < -0.4 is 5.32 Å². The van der Waals surface area contributed by atoms with E-state index in [0.717, 1.165) is 20.5 Å². The van der Waals surface area contributed by atoms with Gasteiger partial charge in [0.25, 0.3) is 0 Å². The fourth-order valence-corrected chi connectivity index (χ4v) is 2.41. The van der Waals surface area contributed by atoms with Crippen molar-refractivity contribution in [1.29, 1.82) is 0 Å². The van der Waals surface area contributed by atoms with Gasteiger partial charge in [-0.15, -0.1) is 0 Å². The topological polar surface area (TPSA) is 24.9 Å². The summed E-state index contributed by atoms with van der Waals surface area (Å²) in [4.78, 5) is 6.75. The SMILES string of the molecule is CNC(C)c1ccc(Sc2ccc(Cl)cc2)cn1. The molecule has 1 atom stereocenters. The quantitative estimate of drug-likeness (QED) is 0.909. The van der Waals surface area contributed by atoms with Crippen LogP contribution >= 0.6 is 23.4 Å². The van der Waals surface area contributed by atoms with E-state index >= 15 is 0 Å². The Morgan fingerprint density at radius 1 is 1.11 bits per heavy atom. The lowest BCUT2D eigenvalue weighted by Crippen LogP contribution is -2.13. The van der Waals surface area contributed by atoms with Crippen LogP contribution in [0.2, 0.25) is 5.02 Å². The van der Waals surface area contributed by atoms with Crippen LogP contribution in [0.3, 0.4) is 0 Å². The molecule has 1 unspecified atom stereocenters. The molecule has 0 aliphatic heterocycles. The molecule has 4 heteroatoms. The van der Waals surface area contributed by atoms with E-state index in [1.807, 2.05) is 37.5 Å². The maximum Gasteiger partial charge on any atom is 0.0571 e. The first-order chi connectivity index (χ1) is 8.69. The van der Waals surface area contributed by atoms with Crippen molar-refractivity contribution < 1.29 is 0 Å². The van der Waals surface area contributed by atoms with Crippen molar-refractivity contribution in [1.82, 2.24) is 10.3 Å². The Balaban J connectivity index is 2.08. The Hall–Kier alpha value is -1.03. The van der Waals surface area contributed by atoms with Gasteiger partial charge < -0.3 is 5.32 Å². The van der Waals surface area contributed by atoms with Gasteiger partial charge in [0.2, 0.25) is 0 Å². The van der Waals surface area contributed by atoms with Gasteiger partial charge in [0.15, 0.2) is 0 Å². The molecule has 0 aliphatic carbocycles. The van der Waals surface area contributed by atoms with E-state index in [1.54, 1.807) is 11.8 Å². The molecule has 2 aromatic rings. The first-order valence-corrected chi connectivity index (χ1v) is 6.95. The van der Waals surface area contributed by atoms with Crippen LogP contribution in [0.4, 0.5) is 0 Å². The predicted molar refractivity (Wildman–Crippen MR) is 77.3 cm³/mol. The maximum absolute atomic E-state index is 5.86.